The number of ether oxygens (including phenoxy) is 1. The van der Waals surface area contributed by atoms with Crippen molar-refractivity contribution in [2.75, 3.05) is 11.4 Å². The molecule has 0 saturated carbocycles. The number of fused-ring (bicyclic) bond motifs is 1. The number of nitrogens with zero attached hydrogens (tertiary/aromatic N) is 1. The number of amides is 2. The van der Waals surface area contributed by atoms with Crippen molar-refractivity contribution in [3.05, 3.63) is 78.4 Å². The third-order valence-corrected chi connectivity index (χ3v) is 4.50. The van der Waals surface area contributed by atoms with Gasteiger partial charge in [-0.25, -0.2) is 4.79 Å². The summed E-state index contributed by atoms with van der Waals surface area (Å²) in [5, 5.41) is 2.80. The Morgan fingerprint density at radius 1 is 1.10 bits per heavy atom. The number of hydrogen-bond acceptors (Lipinski definition) is 4. The SMILES string of the molecule is C=CCN1C(=O)C(OC(=O)c2ccccc2)(C(=O)NC(C)(C)C)c2ccccc21. The van der Waals surface area contributed by atoms with Gasteiger partial charge >= 0.3 is 5.97 Å². The predicted molar refractivity (Wildman–Crippen MR) is 110 cm³/mol. The Bertz CT molecular complexity index is 962. The summed E-state index contributed by atoms with van der Waals surface area (Å²) in [5.74, 6) is -2.05. The van der Waals surface area contributed by atoms with E-state index in [2.05, 4.69) is 11.9 Å². The molecule has 6 nitrogen and oxygen atoms in total. The molecule has 1 aliphatic rings. The number of benzene rings is 2. The minimum Gasteiger partial charge on any atom is -0.430 e. The molecule has 6 heteroatoms. The predicted octanol–water partition coefficient (Wildman–Crippen LogP) is 3.19. The van der Waals surface area contributed by atoms with Crippen molar-refractivity contribution in [3.63, 3.8) is 0 Å². The molecule has 0 aliphatic carbocycles. The highest BCUT2D eigenvalue weighted by Crippen LogP contribution is 2.43. The molecule has 0 aromatic heterocycles. The summed E-state index contributed by atoms with van der Waals surface area (Å²) >= 11 is 0. The van der Waals surface area contributed by atoms with Gasteiger partial charge in [0.1, 0.15) is 0 Å². The fraction of sp³-hybridized carbons (Fsp3) is 0.261. The van der Waals surface area contributed by atoms with E-state index in [0.29, 0.717) is 11.3 Å². The highest BCUT2D eigenvalue weighted by molar-refractivity contribution is 6.21. The van der Waals surface area contributed by atoms with Gasteiger partial charge in [0.25, 0.3) is 17.4 Å². The first-order valence-electron chi connectivity index (χ1n) is 9.34. The van der Waals surface area contributed by atoms with E-state index >= 15 is 0 Å². The molecular formula is C23H24N2O4. The van der Waals surface area contributed by atoms with Crippen LogP contribution < -0.4 is 10.2 Å². The van der Waals surface area contributed by atoms with Crippen LogP contribution in [0.3, 0.4) is 0 Å². The fourth-order valence-corrected chi connectivity index (χ4v) is 3.30. The van der Waals surface area contributed by atoms with Gasteiger partial charge in [-0.15, -0.1) is 6.58 Å². The van der Waals surface area contributed by atoms with Crippen LogP contribution in [0.5, 0.6) is 0 Å². The number of carbonyl (C=O) groups is 3. The first kappa shape index (κ1) is 20.3. The van der Waals surface area contributed by atoms with Crippen LogP contribution in [-0.4, -0.2) is 29.9 Å². The van der Waals surface area contributed by atoms with Crippen molar-refractivity contribution in [1.29, 1.82) is 0 Å². The first-order valence-corrected chi connectivity index (χ1v) is 9.34. The van der Waals surface area contributed by atoms with Crippen LogP contribution in [0.25, 0.3) is 0 Å². The number of carbonyl (C=O) groups excluding carboxylic acids is 3. The van der Waals surface area contributed by atoms with Crippen molar-refractivity contribution < 1.29 is 19.1 Å². The van der Waals surface area contributed by atoms with Crippen molar-refractivity contribution in [2.45, 2.75) is 31.9 Å². The second kappa shape index (κ2) is 7.54. The zero-order valence-corrected chi connectivity index (χ0v) is 16.8. The summed E-state index contributed by atoms with van der Waals surface area (Å²) in [6.45, 7) is 9.26. The van der Waals surface area contributed by atoms with Gasteiger partial charge < -0.3 is 15.0 Å². The number of esters is 1. The van der Waals surface area contributed by atoms with E-state index in [9.17, 15) is 14.4 Å². The monoisotopic (exact) mass is 392 g/mol. The summed E-state index contributed by atoms with van der Waals surface area (Å²) in [4.78, 5) is 41.2. The molecule has 0 bridgehead atoms. The Hall–Kier alpha value is -3.41. The highest BCUT2D eigenvalue weighted by Gasteiger charge is 2.60. The van der Waals surface area contributed by atoms with Crippen LogP contribution in [0.15, 0.2) is 67.3 Å². The van der Waals surface area contributed by atoms with Crippen molar-refractivity contribution >= 4 is 23.5 Å². The number of rotatable bonds is 5. The quantitative estimate of drug-likeness (QED) is 0.482. The molecule has 2 amide bonds. The van der Waals surface area contributed by atoms with E-state index in [1.54, 1.807) is 81.4 Å². The average molecular weight is 392 g/mol. The third kappa shape index (κ3) is 3.66. The van der Waals surface area contributed by atoms with Gasteiger partial charge in [0.15, 0.2) is 0 Å². The second-order valence-electron chi connectivity index (χ2n) is 7.86. The topological polar surface area (TPSA) is 75.7 Å². The molecule has 1 atom stereocenters. The van der Waals surface area contributed by atoms with E-state index in [-0.39, 0.29) is 12.1 Å². The summed E-state index contributed by atoms with van der Waals surface area (Å²) in [6.07, 6.45) is 1.56. The lowest BCUT2D eigenvalue weighted by molar-refractivity contribution is -0.153. The average Bonchev–Trinajstić information content (AvgIpc) is 2.91. The minimum atomic E-state index is -2.11. The highest BCUT2D eigenvalue weighted by atomic mass is 16.6. The smallest absolute Gasteiger partial charge is 0.340 e. The van der Waals surface area contributed by atoms with Crippen LogP contribution in [0.2, 0.25) is 0 Å². The summed E-state index contributed by atoms with van der Waals surface area (Å²) in [7, 11) is 0. The molecular weight excluding hydrogens is 368 g/mol. The molecule has 1 N–H and O–H groups in total. The number of para-hydroxylation sites is 1. The molecule has 1 heterocycles. The van der Waals surface area contributed by atoms with E-state index in [4.69, 9.17) is 4.74 Å². The van der Waals surface area contributed by atoms with Gasteiger partial charge in [0, 0.05) is 17.6 Å². The molecule has 2 aromatic carbocycles. The Labute approximate surface area is 170 Å². The van der Waals surface area contributed by atoms with Crippen LogP contribution in [0, 0.1) is 0 Å². The standard InChI is InChI=1S/C23H24N2O4/c1-5-15-25-18-14-10-9-13-17(18)23(21(25)28,20(27)24-22(2,3)4)29-19(26)16-11-7-6-8-12-16/h5-14H,1,15H2,2-4H3,(H,24,27). The van der Waals surface area contributed by atoms with E-state index in [1.807, 2.05) is 0 Å². The maximum Gasteiger partial charge on any atom is 0.340 e. The summed E-state index contributed by atoms with van der Waals surface area (Å²) in [6, 6.07) is 15.1. The van der Waals surface area contributed by atoms with Gasteiger partial charge in [-0.3, -0.25) is 9.59 Å². The molecule has 0 radical (unpaired) electrons. The molecule has 0 saturated heterocycles. The van der Waals surface area contributed by atoms with Gasteiger partial charge in [-0.2, -0.15) is 0 Å². The van der Waals surface area contributed by atoms with E-state index in [0.717, 1.165) is 0 Å². The molecule has 3 rings (SSSR count). The zero-order chi connectivity index (χ0) is 21.2. The van der Waals surface area contributed by atoms with Crippen molar-refractivity contribution in [2.24, 2.45) is 0 Å². The number of anilines is 1. The van der Waals surface area contributed by atoms with Gasteiger partial charge in [-0.05, 0) is 39.0 Å². The molecule has 29 heavy (non-hydrogen) atoms. The molecule has 0 fully saturated rings. The normalized spacial score (nSPS) is 18.2. The lowest BCUT2D eigenvalue weighted by Gasteiger charge is -2.31. The van der Waals surface area contributed by atoms with Crippen LogP contribution in [-0.2, 0) is 19.9 Å². The molecule has 1 aliphatic heterocycles. The van der Waals surface area contributed by atoms with Crippen molar-refractivity contribution in [3.8, 4) is 0 Å². The lowest BCUT2D eigenvalue weighted by Crippen LogP contribution is -2.57. The van der Waals surface area contributed by atoms with Crippen molar-refractivity contribution in [1.82, 2.24) is 5.32 Å². The van der Waals surface area contributed by atoms with Crippen LogP contribution in [0.4, 0.5) is 5.69 Å². The molecule has 2 aromatic rings. The number of nitrogens with one attached hydrogen (secondary N) is 1. The maximum atomic E-state index is 13.5. The maximum absolute atomic E-state index is 13.5. The second-order valence-corrected chi connectivity index (χ2v) is 7.86. The Balaban J connectivity index is 2.15. The molecule has 150 valence electrons. The van der Waals surface area contributed by atoms with Crippen LogP contribution >= 0.6 is 0 Å². The lowest BCUT2D eigenvalue weighted by atomic mass is 9.92. The Kier molecular flexibility index (Phi) is 5.29. The van der Waals surface area contributed by atoms with E-state index < -0.39 is 28.9 Å². The number of hydrogen-bond donors (Lipinski definition) is 1. The largest absolute Gasteiger partial charge is 0.430 e. The van der Waals surface area contributed by atoms with E-state index in [1.165, 1.54) is 4.90 Å². The molecule has 1 unspecified atom stereocenters. The van der Waals surface area contributed by atoms with Crippen LogP contribution in [0.1, 0.15) is 36.7 Å². The van der Waals surface area contributed by atoms with Gasteiger partial charge in [0.05, 0.1) is 11.3 Å². The summed E-state index contributed by atoms with van der Waals surface area (Å²) < 4.78 is 5.73. The minimum absolute atomic E-state index is 0.184. The zero-order valence-electron chi connectivity index (χ0n) is 16.8. The third-order valence-electron chi connectivity index (χ3n) is 4.50. The van der Waals surface area contributed by atoms with Gasteiger partial charge in [0.2, 0.25) is 0 Å². The Morgan fingerprint density at radius 3 is 2.34 bits per heavy atom. The first-order chi connectivity index (χ1) is 13.7. The fourth-order valence-electron chi connectivity index (χ4n) is 3.30. The summed E-state index contributed by atoms with van der Waals surface area (Å²) in [5.41, 5.74) is -1.65. The molecule has 0 spiro atoms. The van der Waals surface area contributed by atoms with Gasteiger partial charge in [-0.1, -0.05) is 42.5 Å². The Morgan fingerprint density at radius 2 is 1.72 bits per heavy atom.